The lowest BCUT2D eigenvalue weighted by Crippen LogP contribution is -1.88. The standard InChI is InChI=1S/C15H15N3O2S2/c1-9-8-21-15(16-9)22-10(2)13-17-18-14(20-13)11-4-6-12(19-3)7-5-11/h4-8,10H,1-3H3/t10-/m0/s1. The van der Waals surface area contributed by atoms with Gasteiger partial charge < -0.3 is 9.15 Å². The lowest BCUT2D eigenvalue weighted by atomic mass is 10.2. The van der Waals surface area contributed by atoms with Crippen LogP contribution in [-0.2, 0) is 0 Å². The van der Waals surface area contributed by atoms with Crippen LogP contribution in [0.15, 0.2) is 38.4 Å². The molecule has 114 valence electrons. The Bertz CT molecular complexity index is 752. The van der Waals surface area contributed by atoms with E-state index in [1.165, 1.54) is 0 Å². The smallest absolute Gasteiger partial charge is 0.247 e. The average molecular weight is 333 g/mol. The second kappa shape index (κ2) is 6.50. The number of rotatable bonds is 5. The third-order valence-corrected chi connectivity index (χ3v) is 5.18. The van der Waals surface area contributed by atoms with Crippen molar-refractivity contribution in [2.45, 2.75) is 23.4 Å². The Balaban J connectivity index is 1.74. The first-order valence-corrected chi connectivity index (χ1v) is 8.48. The minimum absolute atomic E-state index is 0.0602. The molecule has 5 nitrogen and oxygen atoms in total. The summed E-state index contributed by atoms with van der Waals surface area (Å²) < 4.78 is 11.9. The fourth-order valence-corrected chi connectivity index (χ4v) is 3.85. The normalized spacial score (nSPS) is 12.3. The fraction of sp³-hybridized carbons (Fsp3) is 0.267. The number of methoxy groups -OCH3 is 1. The molecular formula is C15H15N3O2S2. The van der Waals surface area contributed by atoms with Gasteiger partial charge in [-0.15, -0.1) is 21.5 Å². The maximum absolute atomic E-state index is 5.78. The monoisotopic (exact) mass is 333 g/mol. The number of aromatic nitrogens is 3. The van der Waals surface area contributed by atoms with Gasteiger partial charge in [0.1, 0.15) is 5.75 Å². The summed E-state index contributed by atoms with van der Waals surface area (Å²) in [5.41, 5.74) is 1.91. The largest absolute Gasteiger partial charge is 0.497 e. The van der Waals surface area contributed by atoms with Crippen LogP contribution in [0.25, 0.3) is 11.5 Å². The van der Waals surface area contributed by atoms with Gasteiger partial charge in [0, 0.05) is 16.6 Å². The quantitative estimate of drug-likeness (QED) is 0.646. The molecule has 2 heterocycles. The van der Waals surface area contributed by atoms with Crippen LogP contribution in [0.2, 0.25) is 0 Å². The van der Waals surface area contributed by atoms with Gasteiger partial charge in [-0.05, 0) is 38.1 Å². The lowest BCUT2D eigenvalue weighted by Gasteiger charge is -2.03. The van der Waals surface area contributed by atoms with Crippen molar-refractivity contribution in [1.29, 1.82) is 0 Å². The van der Waals surface area contributed by atoms with E-state index in [-0.39, 0.29) is 5.25 Å². The molecule has 7 heteroatoms. The van der Waals surface area contributed by atoms with E-state index in [9.17, 15) is 0 Å². The molecule has 0 aliphatic rings. The molecule has 0 aliphatic heterocycles. The van der Waals surface area contributed by atoms with E-state index < -0.39 is 0 Å². The minimum Gasteiger partial charge on any atom is -0.497 e. The fourth-order valence-electron chi connectivity index (χ4n) is 1.84. The number of ether oxygens (including phenoxy) is 1. The van der Waals surface area contributed by atoms with Crippen LogP contribution in [0, 0.1) is 6.92 Å². The van der Waals surface area contributed by atoms with Crippen LogP contribution in [0.5, 0.6) is 5.75 Å². The highest BCUT2D eigenvalue weighted by molar-refractivity contribution is 8.01. The average Bonchev–Trinajstić information content (AvgIpc) is 3.17. The Morgan fingerprint density at radius 3 is 2.64 bits per heavy atom. The Kier molecular flexibility index (Phi) is 4.44. The highest BCUT2D eigenvalue weighted by Gasteiger charge is 2.17. The van der Waals surface area contributed by atoms with E-state index in [1.807, 2.05) is 43.5 Å². The van der Waals surface area contributed by atoms with Gasteiger partial charge in [-0.25, -0.2) is 4.98 Å². The lowest BCUT2D eigenvalue weighted by molar-refractivity contribution is 0.415. The van der Waals surface area contributed by atoms with Crippen LogP contribution in [-0.4, -0.2) is 22.3 Å². The van der Waals surface area contributed by atoms with E-state index in [1.54, 1.807) is 30.2 Å². The Morgan fingerprint density at radius 2 is 2.00 bits per heavy atom. The van der Waals surface area contributed by atoms with Crippen molar-refractivity contribution in [3.63, 3.8) is 0 Å². The molecule has 0 amide bonds. The van der Waals surface area contributed by atoms with E-state index in [4.69, 9.17) is 9.15 Å². The topological polar surface area (TPSA) is 61.0 Å². The van der Waals surface area contributed by atoms with Crippen molar-refractivity contribution in [3.05, 3.63) is 41.2 Å². The van der Waals surface area contributed by atoms with E-state index in [2.05, 4.69) is 15.2 Å². The van der Waals surface area contributed by atoms with Crippen molar-refractivity contribution in [2.24, 2.45) is 0 Å². The van der Waals surface area contributed by atoms with Gasteiger partial charge in [0.2, 0.25) is 11.8 Å². The predicted octanol–water partition coefficient (Wildman–Crippen LogP) is 4.36. The third kappa shape index (κ3) is 3.31. The van der Waals surface area contributed by atoms with Crippen LogP contribution in [0.1, 0.15) is 23.8 Å². The molecule has 0 fully saturated rings. The number of benzene rings is 1. The highest BCUT2D eigenvalue weighted by Crippen LogP contribution is 2.36. The number of hydrogen-bond acceptors (Lipinski definition) is 7. The van der Waals surface area contributed by atoms with Gasteiger partial charge in [0.25, 0.3) is 0 Å². The minimum atomic E-state index is 0.0602. The first-order valence-electron chi connectivity index (χ1n) is 6.72. The maximum Gasteiger partial charge on any atom is 0.247 e. The number of hydrogen-bond donors (Lipinski definition) is 0. The van der Waals surface area contributed by atoms with Crippen molar-refractivity contribution >= 4 is 23.1 Å². The molecule has 0 saturated carbocycles. The summed E-state index contributed by atoms with van der Waals surface area (Å²) in [6.45, 7) is 4.02. The molecule has 0 unspecified atom stereocenters. The number of thiazole rings is 1. The molecule has 0 radical (unpaired) electrons. The van der Waals surface area contributed by atoms with E-state index in [0.717, 1.165) is 21.3 Å². The van der Waals surface area contributed by atoms with Crippen molar-refractivity contribution in [3.8, 4) is 17.2 Å². The van der Waals surface area contributed by atoms with Gasteiger partial charge in [0.05, 0.1) is 12.4 Å². The zero-order valence-electron chi connectivity index (χ0n) is 12.4. The molecule has 3 aromatic rings. The Morgan fingerprint density at radius 1 is 1.23 bits per heavy atom. The van der Waals surface area contributed by atoms with Crippen LogP contribution in [0.4, 0.5) is 0 Å². The molecule has 1 aromatic carbocycles. The summed E-state index contributed by atoms with van der Waals surface area (Å²) in [5, 5.41) is 10.4. The van der Waals surface area contributed by atoms with Gasteiger partial charge in [0.15, 0.2) is 4.34 Å². The Labute approximate surface area is 136 Å². The summed E-state index contributed by atoms with van der Waals surface area (Å²) in [7, 11) is 1.64. The number of nitrogens with zero attached hydrogens (tertiary/aromatic N) is 3. The molecule has 0 saturated heterocycles. The summed E-state index contributed by atoms with van der Waals surface area (Å²) >= 11 is 3.25. The maximum atomic E-state index is 5.78. The molecular weight excluding hydrogens is 318 g/mol. The summed E-state index contributed by atoms with van der Waals surface area (Å²) in [6, 6.07) is 7.54. The van der Waals surface area contributed by atoms with E-state index in [0.29, 0.717) is 11.8 Å². The number of aryl methyl sites for hydroxylation is 1. The zero-order chi connectivity index (χ0) is 15.5. The first kappa shape index (κ1) is 15.1. The van der Waals surface area contributed by atoms with Crippen LogP contribution >= 0.6 is 23.1 Å². The van der Waals surface area contributed by atoms with Crippen LogP contribution in [0.3, 0.4) is 0 Å². The Hall–Kier alpha value is -1.86. The molecule has 0 spiro atoms. The summed E-state index contributed by atoms with van der Waals surface area (Å²) in [5.74, 6) is 1.91. The summed E-state index contributed by atoms with van der Waals surface area (Å²) in [4.78, 5) is 4.44. The molecule has 3 rings (SSSR count). The van der Waals surface area contributed by atoms with Gasteiger partial charge in [-0.1, -0.05) is 11.8 Å². The van der Waals surface area contributed by atoms with Gasteiger partial charge in [-0.2, -0.15) is 0 Å². The predicted molar refractivity (Wildman–Crippen MR) is 87.4 cm³/mol. The second-order valence-corrected chi connectivity index (χ2v) is 7.13. The zero-order valence-corrected chi connectivity index (χ0v) is 14.1. The van der Waals surface area contributed by atoms with Crippen LogP contribution < -0.4 is 4.74 Å². The first-order chi connectivity index (χ1) is 10.7. The SMILES string of the molecule is COc1ccc(-c2nnc([C@H](C)Sc3nc(C)cs3)o2)cc1. The van der Waals surface area contributed by atoms with Crippen molar-refractivity contribution in [1.82, 2.24) is 15.2 Å². The second-order valence-electron chi connectivity index (χ2n) is 4.69. The molecule has 0 aliphatic carbocycles. The molecule has 2 aromatic heterocycles. The third-order valence-electron chi connectivity index (χ3n) is 3.00. The van der Waals surface area contributed by atoms with Crippen molar-refractivity contribution in [2.75, 3.05) is 7.11 Å². The molecule has 0 N–H and O–H groups in total. The van der Waals surface area contributed by atoms with Gasteiger partial charge in [-0.3, -0.25) is 0 Å². The van der Waals surface area contributed by atoms with Gasteiger partial charge >= 0.3 is 0 Å². The number of thioether (sulfide) groups is 1. The van der Waals surface area contributed by atoms with E-state index >= 15 is 0 Å². The molecule has 0 bridgehead atoms. The molecule has 1 atom stereocenters. The van der Waals surface area contributed by atoms with Crippen molar-refractivity contribution < 1.29 is 9.15 Å². The highest BCUT2D eigenvalue weighted by atomic mass is 32.2. The molecule has 22 heavy (non-hydrogen) atoms. The summed E-state index contributed by atoms with van der Waals surface area (Å²) in [6.07, 6.45) is 0.